The van der Waals surface area contributed by atoms with Gasteiger partial charge in [0.25, 0.3) is 5.91 Å². The number of hydrogen-bond acceptors (Lipinski definition) is 5. The molecule has 0 spiro atoms. The van der Waals surface area contributed by atoms with Gasteiger partial charge in [-0.2, -0.15) is 0 Å². The van der Waals surface area contributed by atoms with E-state index in [0.717, 1.165) is 32.0 Å². The summed E-state index contributed by atoms with van der Waals surface area (Å²) in [5.74, 6) is -0.0795. The second-order valence-electron chi connectivity index (χ2n) is 7.04. The molecule has 1 aromatic heterocycles. The van der Waals surface area contributed by atoms with E-state index in [1.807, 2.05) is 0 Å². The Balaban J connectivity index is 1.36. The zero-order valence-electron chi connectivity index (χ0n) is 16.2. The van der Waals surface area contributed by atoms with Gasteiger partial charge < -0.3 is 15.1 Å². The third-order valence-corrected chi connectivity index (χ3v) is 4.92. The highest BCUT2D eigenvalue weighted by molar-refractivity contribution is 6.02. The SMILES string of the molecule is Cc1cccc(N2CCN(c3cnc(C(=O)Nc4cccc(F)c4)cn3)CC2)c1. The standard InChI is InChI=1S/C22H22FN5O/c1-16-4-2-7-19(12-16)27-8-10-28(11-9-27)21-15-24-20(14-25-21)22(29)26-18-6-3-5-17(23)13-18/h2-7,12-15H,8-11H2,1H3,(H,26,29). The fourth-order valence-corrected chi connectivity index (χ4v) is 3.38. The summed E-state index contributed by atoms with van der Waals surface area (Å²) in [5.41, 5.74) is 3.06. The van der Waals surface area contributed by atoms with Crippen LogP contribution in [0.1, 0.15) is 16.1 Å². The molecule has 0 saturated carbocycles. The van der Waals surface area contributed by atoms with E-state index in [0.29, 0.717) is 5.69 Å². The van der Waals surface area contributed by atoms with Gasteiger partial charge in [0, 0.05) is 37.6 Å². The van der Waals surface area contributed by atoms with Crippen molar-refractivity contribution in [2.24, 2.45) is 0 Å². The molecule has 1 aliphatic rings. The minimum absolute atomic E-state index is 0.191. The summed E-state index contributed by atoms with van der Waals surface area (Å²) < 4.78 is 13.2. The number of hydrogen-bond donors (Lipinski definition) is 1. The average Bonchev–Trinajstić information content (AvgIpc) is 2.74. The number of aryl methyl sites for hydroxylation is 1. The summed E-state index contributed by atoms with van der Waals surface area (Å²) in [4.78, 5) is 25.4. The van der Waals surface area contributed by atoms with E-state index in [9.17, 15) is 9.18 Å². The Morgan fingerprint density at radius 1 is 0.966 bits per heavy atom. The molecule has 2 heterocycles. The average molecular weight is 391 g/mol. The topological polar surface area (TPSA) is 61.4 Å². The number of anilines is 3. The van der Waals surface area contributed by atoms with Crippen LogP contribution in [0.2, 0.25) is 0 Å². The molecule has 6 nitrogen and oxygen atoms in total. The van der Waals surface area contributed by atoms with E-state index >= 15 is 0 Å². The number of halogens is 1. The lowest BCUT2D eigenvalue weighted by atomic mass is 10.2. The van der Waals surface area contributed by atoms with E-state index in [2.05, 4.69) is 56.3 Å². The Kier molecular flexibility index (Phi) is 5.37. The van der Waals surface area contributed by atoms with Gasteiger partial charge in [-0.05, 0) is 42.8 Å². The van der Waals surface area contributed by atoms with Gasteiger partial charge in [0.1, 0.15) is 17.3 Å². The first-order valence-corrected chi connectivity index (χ1v) is 9.54. The van der Waals surface area contributed by atoms with E-state index in [-0.39, 0.29) is 5.69 Å². The van der Waals surface area contributed by atoms with Crippen LogP contribution < -0.4 is 15.1 Å². The fourth-order valence-electron chi connectivity index (χ4n) is 3.38. The van der Waals surface area contributed by atoms with E-state index < -0.39 is 11.7 Å². The molecule has 1 aliphatic heterocycles. The molecule has 0 radical (unpaired) electrons. The van der Waals surface area contributed by atoms with Crippen molar-refractivity contribution in [3.05, 3.63) is 78.0 Å². The first-order chi connectivity index (χ1) is 14.1. The van der Waals surface area contributed by atoms with Gasteiger partial charge in [-0.15, -0.1) is 0 Å². The lowest BCUT2D eigenvalue weighted by Gasteiger charge is -2.36. The highest BCUT2D eigenvalue weighted by Gasteiger charge is 2.19. The maximum absolute atomic E-state index is 13.2. The van der Waals surface area contributed by atoms with Crippen LogP contribution in [-0.4, -0.2) is 42.1 Å². The quantitative estimate of drug-likeness (QED) is 0.738. The van der Waals surface area contributed by atoms with Gasteiger partial charge in [-0.25, -0.2) is 14.4 Å². The molecular weight excluding hydrogens is 369 g/mol. The van der Waals surface area contributed by atoms with Gasteiger partial charge in [-0.3, -0.25) is 4.79 Å². The second-order valence-corrected chi connectivity index (χ2v) is 7.04. The largest absolute Gasteiger partial charge is 0.368 e. The third-order valence-electron chi connectivity index (χ3n) is 4.92. The number of nitrogens with one attached hydrogen (secondary N) is 1. The number of amides is 1. The Bertz CT molecular complexity index is 1000. The fraction of sp³-hybridized carbons (Fsp3) is 0.227. The Morgan fingerprint density at radius 2 is 1.72 bits per heavy atom. The number of nitrogens with zero attached hydrogens (tertiary/aromatic N) is 4. The zero-order chi connectivity index (χ0) is 20.2. The van der Waals surface area contributed by atoms with Gasteiger partial charge in [0.2, 0.25) is 0 Å². The van der Waals surface area contributed by atoms with Crippen LogP contribution in [0.5, 0.6) is 0 Å². The van der Waals surface area contributed by atoms with Crippen molar-refractivity contribution in [1.82, 2.24) is 9.97 Å². The highest BCUT2D eigenvalue weighted by atomic mass is 19.1. The van der Waals surface area contributed by atoms with Crippen molar-refractivity contribution < 1.29 is 9.18 Å². The predicted octanol–water partition coefficient (Wildman–Crippen LogP) is 3.50. The molecule has 29 heavy (non-hydrogen) atoms. The maximum Gasteiger partial charge on any atom is 0.275 e. The number of carbonyl (C=O) groups is 1. The summed E-state index contributed by atoms with van der Waals surface area (Å²) in [5, 5.41) is 2.62. The molecule has 1 amide bonds. The number of piperazine rings is 1. The Labute approximate surface area is 169 Å². The summed E-state index contributed by atoms with van der Waals surface area (Å²) in [7, 11) is 0. The lowest BCUT2D eigenvalue weighted by molar-refractivity contribution is 0.102. The van der Waals surface area contributed by atoms with Crippen LogP contribution in [0, 0.1) is 12.7 Å². The first-order valence-electron chi connectivity index (χ1n) is 9.54. The van der Waals surface area contributed by atoms with Crippen LogP contribution >= 0.6 is 0 Å². The second kappa shape index (κ2) is 8.26. The minimum Gasteiger partial charge on any atom is -0.368 e. The predicted molar refractivity (Wildman–Crippen MR) is 112 cm³/mol. The van der Waals surface area contributed by atoms with E-state index in [1.54, 1.807) is 12.3 Å². The molecule has 3 aromatic rings. The van der Waals surface area contributed by atoms with Gasteiger partial charge in [0.15, 0.2) is 0 Å². The molecule has 148 valence electrons. The van der Waals surface area contributed by atoms with Crippen molar-refractivity contribution in [1.29, 1.82) is 0 Å². The maximum atomic E-state index is 13.2. The summed E-state index contributed by atoms with van der Waals surface area (Å²) in [6, 6.07) is 14.2. The molecular formula is C22H22FN5O. The van der Waals surface area contributed by atoms with Crippen molar-refractivity contribution in [2.45, 2.75) is 6.92 Å². The number of rotatable bonds is 4. The van der Waals surface area contributed by atoms with Gasteiger partial charge >= 0.3 is 0 Å². The molecule has 7 heteroatoms. The highest BCUT2D eigenvalue weighted by Crippen LogP contribution is 2.20. The van der Waals surface area contributed by atoms with Crippen LogP contribution in [0.3, 0.4) is 0 Å². The summed E-state index contributed by atoms with van der Waals surface area (Å²) >= 11 is 0. The molecule has 2 aromatic carbocycles. The normalized spacial score (nSPS) is 14.0. The molecule has 1 N–H and O–H groups in total. The molecule has 1 fully saturated rings. The van der Waals surface area contributed by atoms with Crippen LogP contribution in [0.25, 0.3) is 0 Å². The van der Waals surface area contributed by atoms with Crippen molar-refractivity contribution >= 4 is 23.1 Å². The molecule has 0 atom stereocenters. The smallest absolute Gasteiger partial charge is 0.275 e. The van der Waals surface area contributed by atoms with Gasteiger partial charge in [0.05, 0.1) is 12.4 Å². The van der Waals surface area contributed by atoms with Crippen LogP contribution in [0.15, 0.2) is 60.9 Å². The minimum atomic E-state index is -0.418. The van der Waals surface area contributed by atoms with E-state index in [1.165, 1.54) is 35.6 Å². The Morgan fingerprint density at radius 3 is 2.41 bits per heavy atom. The third kappa shape index (κ3) is 4.51. The van der Waals surface area contributed by atoms with Crippen molar-refractivity contribution in [3.63, 3.8) is 0 Å². The number of aromatic nitrogens is 2. The zero-order valence-corrected chi connectivity index (χ0v) is 16.2. The summed E-state index contributed by atoms with van der Waals surface area (Å²) in [6.45, 7) is 5.55. The number of benzene rings is 2. The molecule has 0 bridgehead atoms. The summed E-state index contributed by atoms with van der Waals surface area (Å²) in [6.07, 6.45) is 3.07. The number of carbonyl (C=O) groups excluding carboxylic acids is 1. The van der Waals surface area contributed by atoms with Crippen LogP contribution in [0.4, 0.5) is 21.6 Å². The lowest BCUT2D eigenvalue weighted by Crippen LogP contribution is -2.46. The molecule has 0 unspecified atom stereocenters. The van der Waals surface area contributed by atoms with Crippen molar-refractivity contribution in [2.75, 3.05) is 41.3 Å². The van der Waals surface area contributed by atoms with Gasteiger partial charge in [-0.1, -0.05) is 18.2 Å². The molecule has 0 aliphatic carbocycles. The van der Waals surface area contributed by atoms with E-state index in [4.69, 9.17) is 0 Å². The van der Waals surface area contributed by atoms with Crippen molar-refractivity contribution in [3.8, 4) is 0 Å². The molecule has 1 saturated heterocycles. The Hall–Kier alpha value is -3.48. The first kappa shape index (κ1) is 18.9. The molecule has 4 rings (SSSR count). The van der Waals surface area contributed by atoms with Crippen LogP contribution in [-0.2, 0) is 0 Å². The monoisotopic (exact) mass is 391 g/mol.